The van der Waals surface area contributed by atoms with Crippen LogP contribution in [-0.2, 0) is 23.1 Å². The van der Waals surface area contributed by atoms with Crippen molar-refractivity contribution in [3.05, 3.63) is 48.0 Å². The van der Waals surface area contributed by atoms with Gasteiger partial charge in [-0.1, -0.05) is 6.42 Å². The van der Waals surface area contributed by atoms with Gasteiger partial charge in [-0.25, -0.2) is 0 Å². The Labute approximate surface area is 211 Å². The zero-order chi connectivity index (χ0) is 25.5. The minimum Gasteiger partial charge on any atom is -0.462 e. The molecule has 2 fully saturated rings. The largest absolute Gasteiger partial charge is 0.462 e. The number of aliphatic hydroxyl groups excluding tert-OH is 2. The van der Waals surface area contributed by atoms with Crippen molar-refractivity contribution >= 4 is 11.9 Å². The Kier molecular flexibility index (Phi) is 8.71. The predicted molar refractivity (Wildman–Crippen MR) is 132 cm³/mol. The van der Waals surface area contributed by atoms with E-state index in [-0.39, 0.29) is 24.9 Å². The van der Waals surface area contributed by atoms with Gasteiger partial charge in [-0.15, -0.1) is 0 Å². The number of aryl methyl sites for hydroxylation is 1. The molecule has 4 rings (SSSR count). The summed E-state index contributed by atoms with van der Waals surface area (Å²) in [5.74, 6) is -0.447. The van der Waals surface area contributed by atoms with Gasteiger partial charge in [0.1, 0.15) is 18.4 Å². The number of hydrogen-bond donors (Lipinski definition) is 2. The van der Waals surface area contributed by atoms with E-state index < -0.39 is 17.6 Å². The van der Waals surface area contributed by atoms with E-state index in [0.717, 1.165) is 32.5 Å². The van der Waals surface area contributed by atoms with E-state index in [1.165, 1.54) is 10.2 Å². The number of nitrogens with zero attached hydrogens (tertiary/aromatic N) is 5. The van der Waals surface area contributed by atoms with Crippen LogP contribution in [0.3, 0.4) is 0 Å². The Balaban J connectivity index is 1.43. The Morgan fingerprint density at radius 1 is 1.03 bits per heavy atom. The molecule has 2 aliphatic heterocycles. The fourth-order valence-corrected chi connectivity index (χ4v) is 5.17. The van der Waals surface area contributed by atoms with E-state index in [0.29, 0.717) is 38.0 Å². The summed E-state index contributed by atoms with van der Waals surface area (Å²) in [5, 5.41) is 25.0. The molecule has 2 saturated heterocycles. The zero-order valence-electron chi connectivity index (χ0n) is 21.0. The summed E-state index contributed by atoms with van der Waals surface area (Å²) < 4.78 is 7.10. The number of aliphatic hydroxyl groups is 2. The second-order valence-electron chi connectivity index (χ2n) is 10.0. The standard InChI is InChI=1S/C26H37N5O5/c1-29-21(6-13-28-29)24(34)31-14-3-2-8-26(25(35)36-19-23(33)22(32)7-15-31)9-16-30(17-10-26)18-20-4-11-27-12-5-20/h4-6,11-13,22-23,32-33H,2-3,7-10,14-19H2,1H3/t22-,23+/m0/s1. The number of rotatable bonds is 3. The average molecular weight is 500 g/mol. The molecule has 1 spiro atoms. The number of aromatic nitrogens is 3. The van der Waals surface area contributed by atoms with Gasteiger partial charge in [0.05, 0.1) is 11.5 Å². The topological polar surface area (TPSA) is 121 Å². The second-order valence-corrected chi connectivity index (χ2v) is 10.0. The molecule has 0 unspecified atom stereocenters. The average Bonchev–Trinajstić information content (AvgIpc) is 3.33. The Morgan fingerprint density at radius 2 is 1.78 bits per heavy atom. The summed E-state index contributed by atoms with van der Waals surface area (Å²) in [6.45, 7) is 2.90. The molecular weight excluding hydrogens is 462 g/mol. The molecule has 2 atom stereocenters. The van der Waals surface area contributed by atoms with Gasteiger partial charge in [-0.3, -0.25) is 24.2 Å². The lowest BCUT2D eigenvalue weighted by atomic mass is 9.74. The van der Waals surface area contributed by atoms with Crippen molar-refractivity contribution in [2.75, 3.05) is 32.8 Å². The highest BCUT2D eigenvalue weighted by Crippen LogP contribution is 2.38. The van der Waals surface area contributed by atoms with Crippen LogP contribution < -0.4 is 0 Å². The molecule has 0 saturated carbocycles. The predicted octanol–water partition coefficient (Wildman–Crippen LogP) is 1.38. The number of cyclic esters (lactones) is 1. The number of pyridine rings is 1. The Bertz CT molecular complexity index is 1010. The van der Waals surface area contributed by atoms with Crippen LogP contribution in [0.5, 0.6) is 0 Å². The third-order valence-electron chi connectivity index (χ3n) is 7.59. The molecule has 0 aliphatic carbocycles. The molecule has 10 nitrogen and oxygen atoms in total. The molecule has 0 aromatic carbocycles. The van der Waals surface area contributed by atoms with Crippen molar-refractivity contribution in [3.8, 4) is 0 Å². The monoisotopic (exact) mass is 499 g/mol. The maximum atomic E-state index is 13.3. The van der Waals surface area contributed by atoms with E-state index in [9.17, 15) is 19.8 Å². The fourth-order valence-electron chi connectivity index (χ4n) is 5.17. The quantitative estimate of drug-likeness (QED) is 0.608. The molecule has 4 heterocycles. The van der Waals surface area contributed by atoms with Gasteiger partial charge in [0, 0.05) is 45.3 Å². The minimum atomic E-state index is -1.20. The smallest absolute Gasteiger partial charge is 0.312 e. The first-order chi connectivity index (χ1) is 17.4. The van der Waals surface area contributed by atoms with Crippen LogP contribution in [-0.4, -0.2) is 91.6 Å². The first-order valence-electron chi connectivity index (χ1n) is 12.8. The van der Waals surface area contributed by atoms with Crippen LogP contribution in [0, 0.1) is 5.41 Å². The van der Waals surface area contributed by atoms with Gasteiger partial charge in [-0.05, 0) is 69.0 Å². The summed E-state index contributed by atoms with van der Waals surface area (Å²) in [6, 6.07) is 5.68. The van der Waals surface area contributed by atoms with E-state index >= 15 is 0 Å². The number of ether oxygens (including phenoxy) is 1. The molecule has 2 aromatic rings. The molecule has 2 aromatic heterocycles. The third kappa shape index (κ3) is 6.29. The summed E-state index contributed by atoms with van der Waals surface area (Å²) in [4.78, 5) is 34.5. The SMILES string of the molecule is Cn1nccc1C(=O)N1CCCCC2(CCN(Cc3ccncc3)CC2)C(=O)OC[C@@H](O)[C@@H](O)CC1. The van der Waals surface area contributed by atoms with Crippen molar-refractivity contribution in [1.29, 1.82) is 0 Å². The van der Waals surface area contributed by atoms with Crippen LogP contribution >= 0.6 is 0 Å². The van der Waals surface area contributed by atoms with Crippen molar-refractivity contribution in [1.82, 2.24) is 24.6 Å². The lowest BCUT2D eigenvalue weighted by molar-refractivity contribution is -0.165. The van der Waals surface area contributed by atoms with Gasteiger partial charge < -0.3 is 19.8 Å². The van der Waals surface area contributed by atoms with Crippen LogP contribution in [0.4, 0.5) is 0 Å². The summed E-state index contributed by atoms with van der Waals surface area (Å²) in [7, 11) is 1.72. The zero-order valence-corrected chi connectivity index (χ0v) is 21.0. The number of esters is 1. The number of likely N-dealkylation sites (tertiary alicyclic amines) is 1. The molecule has 2 N–H and O–H groups in total. The maximum absolute atomic E-state index is 13.3. The molecular formula is C26H37N5O5. The first kappa shape index (κ1) is 26.2. The van der Waals surface area contributed by atoms with Crippen LogP contribution in [0.2, 0.25) is 0 Å². The highest BCUT2D eigenvalue weighted by Gasteiger charge is 2.42. The summed E-state index contributed by atoms with van der Waals surface area (Å²) >= 11 is 0. The number of hydrogen-bond acceptors (Lipinski definition) is 8. The highest BCUT2D eigenvalue weighted by atomic mass is 16.5. The molecule has 36 heavy (non-hydrogen) atoms. The van der Waals surface area contributed by atoms with Crippen LogP contribution in [0.1, 0.15) is 54.6 Å². The van der Waals surface area contributed by atoms with Gasteiger partial charge in [-0.2, -0.15) is 5.10 Å². The summed E-state index contributed by atoms with van der Waals surface area (Å²) in [6.07, 6.45) is 6.58. The maximum Gasteiger partial charge on any atom is 0.312 e. The van der Waals surface area contributed by atoms with Crippen molar-refractivity contribution in [2.45, 2.75) is 57.3 Å². The minimum absolute atomic E-state index is 0.155. The number of piperidine rings is 1. The molecule has 0 radical (unpaired) electrons. The van der Waals surface area contributed by atoms with E-state index in [1.54, 1.807) is 36.6 Å². The number of carbonyl (C=O) groups is 2. The lowest BCUT2D eigenvalue weighted by Gasteiger charge is -2.40. The van der Waals surface area contributed by atoms with Crippen LogP contribution in [0.25, 0.3) is 0 Å². The van der Waals surface area contributed by atoms with Gasteiger partial charge >= 0.3 is 5.97 Å². The van der Waals surface area contributed by atoms with Crippen molar-refractivity contribution in [2.24, 2.45) is 12.5 Å². The van der Waals surface area contributed by atoms with Crippen LogP contribution in [0.15, 0.2) is 36.8 Å². The van der Waals surface area contributed by atoms with Gasteiger partial charge in [0.25, 0.3) is 5.91 Å². The van der Waals surface area contributed by atoms with Gasteiger partial charge in [0.15, 0.2) is 0 Å². The Hall–Kier alpha value is -2.82. The molecule has 0 bridgehead atoms. The van der Waals surface area contributed by atoms with Crippen molar-refractivity contribution in [3.63, 3.8) is 0 Å². The molecule has 196 valence electrons. The van der Waals surface area contributed by atoms with E-state index in [4.69, 9.17) is 4.74 Å². The number of carbonyl (C=O) groups excluding carboxylic acids is 2. The van der Waals surface area contributed by atoms with Gasteiger partial charge in [0.2, 0.25) is 0 Å². The van der Waals surface area contributed by atoms with E-state index in [2.05, 4.69) is 15.0 Å². The Morgan fingerprint density at radius 3 is 2.47 bits per heavy atom. The first-order valence-corrected chi connectivity index (χ1v) is 12.8. The molecule has 1 amide bonds. The third-order valence-corrected chi connectivity index (χ3v) is 7.59. The second kappa shape index (κ2) is 11.9. The number of amides is 1. The molecule has 10 heteroatoms. The van der Waals surface area contributed by atoms with Crippen molar-refractivity contribution < 1.29 is 24.5 Å². The molecule has 2 aliphatic rings. The summed E-state index contributed by atoms with van der Waals surface area (Å²) in [5.41, 5.74) is 1.05. The van der Waals surface area contributed by atoms with E-state index in [1.807, 2.05) is 12.1 Å². The highest BCUT2D eigenvalue weighted by molar-refractivity contribution is 5.92. The normalized spacial score (nSPS) is 24.4. The fraction of sp³-hybridized carbons (Fsp3) is 0.615. The lowest BCUT2D eigenvalue weighted by Crippen LogP contribution is -2.45.